The molecule has 8 aliphatic heterocycles. The zero-order valence-corrected chi connectivity index (χ0v) is 83.9. The molecule has 8 atom stereocenters. The van der Waals surface area contributed by atoms with E-state index in [9.17, 15) is 39.6 Å². The minimum Gasteiger partial charge on any atom is -0.480 e. The van der Waals surface area contributed by atoms with Gasteiger partial charge >= 0.3 is 23.9 Å². The first-order chi connectivity index (χ1) is 69.2. The van der Waals surface area contributed by atoms with Gasteiger partial charge in [0, 0.05) is 175 Å². The molecule has 0 bridgehead atoms. The molecule has 4 aliphatic carbocycles. The zero-order chi connectivity index (χ0) is 96.9. The van der Waals surface area contributed by atoms with Crippen molar-refractivity contribution in [2.45, 2.75) is 324 Å². The number of nitrogens with zero attached hydrogens (tertiary/aromatic N) is 10. The molecule has 0 radical (unpaired) electrons. The van der Waals surface area contributed by atoms with E-state index >= 15 is 0 Å². The molecule has 8 aromatic rings. The lowest BCUT2D eigenvalue weighted by Crippen LogP contribution is -2.35. The number of aromatic nitrogens is 4. The minimum absolute atomic E-state index is 0.109. The van der Waals surface area contributed by atoms with Crippen LogP contribution in [0, 0.1) is 0 Å². The average Bonchev–Trinajstić information content (AvgIpc) is 1.69. The number of para-hydroxylation sites is 2. The van der Waals surface area contributed by atoms with Crippen LogP contribution in [0.3, 0.4) is 0 Å². The number of ether oxygens (including phenoxy) is 4. The maximum atomic E-state index is 12.5. The standard InChI is InChI=1S/C30H41N3O3.3C29H39N3O3/c34-30(35)28(27-14-5-4-13-26(27)22-9-2-1-3-10-22)33-19-17-25(21-33)36-20-7-6-12-24-16-15-23-11-8-18-31-29(23)32-24;2*33-29(34)28(25-11-2-4-13-27(25)31-17-6-7-18-31)32-19-16-24(21-32)35-20-8-5-10-23-15-14-22-9-1-3-12-26(22)30-23;33-29(34)27(26-13-4-3-12-25(26)21-8-1-2-9-21)32-18-16-24(20-32)35-19-6-5-11-23-15-14-22-10-7-17-30-28(22)31-23/h4-5,13-16,22,25,28H,1-3,6-12,17-21H2,(H,31,32)(H,34,35);2*2,4,11,13-15,24,28H,1,3,5-10,12,16-21H2,(H,33,34);3-4,12-15,21,24,27H,1-2,5-11,16-20H2,(H,30,31)(H,33,34)/t25-,28?;24-,28+;24-,28-;24-,27?/m1111/s1. The molecule has 0 spiro atoms. The van der Waals surface area contributed by atoms with E-state index < -0.39 is 48.0 Å². The van der Waals surface area contributed by atoms with E-state index in [-0.39, 0.29) is 24.4 Å². The number of hydrogen-bond donors (Lipinski definition) is 6. The van der Waals surface area contributed by atoms with Crippen molar-refractivity contribution in [3.63, 3.8) is 0 Å². The van der Waals surface area contributed by atoms with E-state index in [4.69, 9.17) is 38.9 Å². The molecule has 20 rings (SSSR count). The molecule has 4 aromatic heterocycles. The van der Waals surface area contributed by atoms with Crippen molar-refractivity contribution in [2.75, 3.05) is 138 Å². The van der Waals surface area contributed by atoms with Crippen molar-refractivity contribution < 1.29 is 58.6 Å². The van der Waals surface area contributed by atoms with Crippen molar-refractivity contribution in [3.05, 3.63) is 235 Å². The fraction of sp³-hybridized carbons (Fsp3) is 0.590. The Bertz CT molecular complexity index is 4940. The summed E-state index contributed by atoms with van der Waals surface area (Å²) in [6.07, 6.45) is 46.2. The van der Waals surface area contributed by atoms with Crippen molar-refractivity contribution >= 4 is 46.9 Å². The fourth-order valence-electron chi connectivity index (χ4n) is 24.5. The Morgan fingerprint density at radius 1 is 0.298 bits per heavy atom. The molecule has 12 aliphatic rings. The molecule has 2 saturated carbocycles. The van der Waals surface area contributed by atoms with Gasteiger partial charge in [0.05, 0.1) is 24.4 Å². The largest absolute Gasteiger partial charge is 0.480 e. The lowest BCUT2D eigenvalue weighted by Gasteiger charge is -2.30. The molecule has 758 valence electrons. The molecule has 8 fully saturated rings. The number of rotatable bonds is 40. The maximum Gasteiger partial charge on any atom is 0.325 e. The van der Waals surface area contributed by atoms with Gasteiger partial charge in [-0.05, 0) is 324 Å². The second-order valence-electron chi connectivity index (χ2n) is 41.9. The third kappa shape index (κ3) is 28.3. The molecule has 4 aromatic carbocycles. The molecule has 24 nitrogen and oxygen atoms in total. The van der Waals surface area contributed by atoms with Crippen LogP contribution in [0.15, 0.2) is 146 Å². The number of anilines is 4. The number of carboxylic acid groups (broad SMARTS) is 4. The van der Waals surface area contributed by atoms with Gasteiger partial charge in [-0.15, -0.1) is 0 Å². The predicted molar refractivity (Wildman–Crippen MR) is 557 cm³/mol. The summed E-state index contributed by atoms with van der Waals surface area (Å²) in [7, 11) is 0. The van der Waals surface area contributed by atoms with Crippen LogP contribution in [0.5, 0.6) is 0 Å². The molecular formula is C117H158N12O12. The monoisotopic (exact) mass is 1920 g/mol. The Morgan fingerprint density at radius 3 is 0.950 bits per heavy atom. The van der Waals surface area contributed by atoms with E-state index in [0.29, 0.717) is 38.0 Å². The van der Waals surface area contributed by atoms with E-state index in [0.717, 1.165) is 277 Å². The SMILES string of the molecule is O=C(O)C(c1ccccc1C1CCCC1)N1CC[C@@H](OCCCCc2ccc3c(n2)NCCC3)C1.O=C(O)C(c1ccccc1C1CCCCC1)N1CC[C@@H](OCCCCc2ccc3c(n2)NCCC3)C1.O=C(O)[C@@H](c1ccccc1N1CCCC1)N1CC[C@@H](OCCCCc2ccc3c(n2)CCCC3)C1.O=C(O)[C@H](c1ccccc1N1CCCC1)N1CC[C@@H](OCCCCc2ccc3c(n2)CCCC3)C1. The summed E-state index contributed by atoms with van der Waals surface area (Å²) < 4.78 is 24.8. The number of likely N-dealkylation sites (tertiary alicyclic amines) is 4. The molecule has 6 saturated heterocycles. The molecule has 24 heteroatoms. The first-order valence-corrected chi connectivity index (χ1v) is 54.9. The lowest BCUT2D eigenvalue weighted by atomic mass is 9.80. The van der Waals surface area contributed by atoms with Crippen molar-refractivity contribution in [1.29, 1.82) is 0 Å². The highest BCUT2D eigenvalue weighted by Crippen LogP contribution is 2.44. The predicted octanol–water partition coefficient (Wildman–Crippen LogP) is 20.7. The van der Waals surface area contributed by atoms with E-state index in [2.05, 4.69) is 125 Å². The number of carbonyl (C=O) groups is 4. The van der Waals surface area contributed by atoms with Crippen LogP contribution >= 0.6 is 0 Å². The van der Waals surface area contributed by atoms with Gasteiger partial charge in [-0.25, -0.2) is 9.97 Å². The van der Waals surface area contributed by atoms with Crippen LogP contribution in [-0.2, 0) is 102 Å². The normalized spacial score (nSPS) is 21.4. The van der Waals surface area contributed by atoms with Crippen LogP contribution in [0.4, 0.5) is 23.0 Å². The first-order valence-electron chi connectivity index (χ1n) is 54.9. The number of aliphatic carboxylic acids is 4. The van der Waals surface area contributed by atoms with Crippen molar-refractivity contribution in [1.82, 2.24) is 39.5 Å². The van der Waals surface area contributed by atoms with Crippen LogP contribution in [0.1, 0.15) is 325 Å². The number of pyridine rings is 4. The summed E-state index contributed by atoms with van der Waals surface area (Å²) in [5.41, 5.74) is 21.4. The second-order valence-corrected chi connectivity index (χ2v) is 41.9. The highest BCUT2D eigenvalue weighted by atomic mass is 16.5. The third-order valence-electron chi connectivity index (χ3n) is 32.0. The average molecular weight is 1920 g/mol. The highest BCUT2D eigenvalue weighted by molar-refractivity contribution is 5.80. The number of benzene rings is 4. The van der Waals surface area contributed by atoms with E-state index in [1.807, 2.05) is 60.7 Å². The van der Waals surface area contributed by atoms with Gasteiger partial charge in [0.15, 0.2) is 0 Å². The summed E-state index contributed by atoms with van der Waals surface area (Å²) in [6.45, 7) is 14.8. The number of hydrogen-bond acceptors (Lipinski definition) is 20. The van der Waals surface area contributed by atoms with E-state index in [1.165, 1.54) is 191 Å². The van der Waals surface area contributed by atoms with Gasteiger partial charge < -0.3 is 59.8 Å². The van der Waals surface area contributed by atoms with Gasteiger partial charge in [-0.1, -0.05) is 141 Å². The van der Waals surface area contributed by atoms with Crippen LogP contribution in [0.2, 0.25) is 0 Å². The Morgan fingerprint density at radius 2 is 0.596 bits per heavy atom. The quantitative estimate of drug-likeness (QED) is 0.0195. The van der Waals surface area contributed by atoms with Crippen molar-refractivity contribution in [3.8, 4) is 0 Å². The first kappa shape index (κ1) is 103. The summed E-state index contributed by atoms with van der Waals surface area (Å²) in [5.74, 6) is 0.103. The van der Waals surface area contributed by atoms with Crippen LogP contribution in [0.25, 0.3) is 0 Å². The van der Waals surface area contributed by atoms with E-state index in [1.54, 1.807) is 0 Å². The van der Waals surface area contributed by atoms with Crippen LogP contribution < -0.4 is 20.4 Å². The van der Waals surface area contributed by atoms with Gasteiger partial charge in [0.2, 0.25) is 0 Å². The Hall–Kier alpha value is -9.76. The Kier molecular flexibility index (Phi) is 38.4. The molecule has 141 heavy (non-hydrogen) atoms. The zero-order valence-electron chi connectivity index (χ0n) is 83.9. The number of carboxylic acids is 4. The number of nitrogens with one attached hydrogen (secondary N) is 2. The summed E-state index contributed by atoms with van der Waals surface area (Å²) in [5, 5.41) is 47.6. The van der Waals surface area contributed by atoms with Crippen LogP contribution in [-0.4, -0.2) is 226 Å². The number of fused-ring (bicyclic) bond motifs is 4. The van der Waals surface area contributed by atoms with Gasteiger partial charge in [-0.3, -0.25) is 48.7 Å². The highest BCUT2D eigenvalue weighted by Gasteiger charge is 2.42. The second kappa shape index (κ2) is 52.7. The number of aryl methyl sites for hydroxylation is 10. The molecule has 12 heterocycles. The summed E-state index contributed by atoms with van der Waals surface area (Å²) in [6, 6.07) is 48.0. The maximum absolute atomic E-state index is 12.5. The summed E-state index contributed by atoms with van der Waals surface area (Å²) >= 11 is 0. The van der Waals surface area contributed by atoms with Gasteiger partial charge in [0.25, 0.3) is 0 Å². The molecule has 0 amide bonds. The minimum atomic E-state index is -0.769. The molecular weight excluding hydrogens is 1770 g/mol. The number of unbranched alkanes of at least 4 members (excludes halogenated alkanes) is 4. The van der Waals surface area contributed by atoms with Gasteiger partial charge in [0.1, 0.15) is 35.8 Å². The smallest absolute Gasteiger partial charge is 0.325 e. The summed E-state index contributed by atoms with van der Waals surface area (Å²) in [4.78, 5) is 82.1. The Labute approximate surface area is 837 Å². The molecule has 2 unspecified atom stereocenters. The third-order valence-corrected chi connectivity index (χ3v) is 32.0. The molecule has 6 N–H and O–H groups in total. The van der Waals surface area contributed by atoms with Crippen molar-refractivity contribution in [2.24, 2.45) is 0 Å². The fourth-order valence-corrected chi connectivity index (χ4v) is 24.5. The topological polar surface area (TPSA) is 281 Å². The Balaban J connectivity index is 0.000000130. The lowest BCUT2D eigenvalue weighted by molar-refractivity contribution is -0.144. The van der Waals surface area contributed by atoms with Gasteiger partial charge in [-0.2, -0.15) is 0 Å².